The molecule has 0 aromatic heterocycles. The maximum Gasteiger partial charge on any atom is 0.236 e. The summed E-state index contributed by atoms with van der Waals surface area (Å²) >= 11 is 0. The van der Waals surface area contributed by atoms with Crippen molar-refractivity contribution < 1.29 is 14.3 Å². The highest BCUT2D eigenvalue weighted by atomic mass is 16.5. The number of benzene rings is 1. The van der Waals surface area contributed by atoms with Gasteiger partial charge >= 0.3 is 0 Å². The van der Waals surface area contributed by atoms with Crippen molar-refractivity contribution in [2.45, 2.75) is 54.0 Å². The molecule has 7 nitrogen and oxygen atoms in total. The largest absolute Gasteiger partial charge is 0.496 e. The number of piperazine rings is 2. The molecular weight excluding hydrogens is 440 g/mol. The molecular formula is C28H48N4O3. The Labute approximate surface area is 213 Å². The van der Waals surface area contributed by atoms with E-state index in [1.54, 1.807) is 14.0 Å². The molecule has 2 saturated heterocycles. The Kier molecular flexibility index (Phi) is 15.0. The van der Waals surface area contributed by atoms with Gasteiger partial charge < -0.3 is 14.5 Å². The maximum absolute atomic E-state index is 12.4. The monoisotopic (exact) mass is 488 g/mol. The third kappa shape index (κ3) is 10.4. The molecule has 0 radical (unpaired) electrons. The molecule has 0 spiro atoms. The van der Waals surface area contributed by atoms with Crippen LogP contribution in [-0.2, 0) is 9.59 Å². The third-order valence-corrected chi connectivity index (χ3v) is 6.54. The molecule has 0 aliphatic carbocycles. The van der Waals surface area contributed by atoms with Gasteiger partial charge in [0, 0.05) is 70.9 Å². The number of para-hydroxylation sites is 1. The summed E-state index contributed by atoms with van der Waals surface area (Å²) in [7, 11) is 1.68. The predicted octanol–water partition coefficient (Wildman–Crippen LogP) is 3.85. The topological polar surface area (TPSA) is 56.3 Å². The number of allylic oxidation sites excluding steroid dienone is 1. The molecule has 1 atom stereocenters. The van der Waals surface area contributed by atoms with E-state index >= 15 is 0 Å². The number of rotatable bonds is 6. The summed E-state index contributed by atoms with van der Waals surface area (Å²) in [4.78, 5) is 32.2. The highest BCUT2D eigenvalue weighted by Crippen LogP contribution is 2.18. The summed E-state index contributed by atoms with van der Waals surface area (Å²) in [6, 6.07) is 8.55. The van der Waals surface area contributed by atoms with E-state index in [1.165, 1.54) is 0 Å². The van der Waals surface area contributed by atoms with Gasteiger partial charge in [-0.15, -0.1) is 0 Å². The third-order valence-electron chi connectivity index (χ3n) is 6.54. The molecule has 0 N–H and O–H groups in total. The lowest BCUT2D eigenvalue weighted by molar-refractivity contribution is -0.135. The van der Waals surface area contributed by atoms with Crippen LogP contribution in [0.4, 0.5) is 0 Å². The fourth-order valence-corrected chi connectivity index (χ4v) is 4.17. The summed E-state index contributed by atoms with van der Waals surface area (Å²) < 4.78 is 5.15. The molecule has 2 amide bonds. The number of amides is 2. The van der Waals surface area contributed by atoms with E-state index < -0.39 is 0 Å². The number of carbonyl (C=O) groups is 2. The normalized spacial score (nSPS) is 17.7. The standard InChI is InChI=1S/C16H30N4O2.C10H12O.C2H6/c1-4-14(2)18-9-11-20(12-10-18)16(22)13-17-5-7-19(8-6-17)15(3)21;1-3-6-9-7-4-5-8-10(9)11-2;1-2/h14H,4-13H2,1-3H3;3-8H,1-2H3;1-2H3/b;6-3+;. The number of nitrogens with zero attached hydrogens (tertiary/aromatic N) is 4. The van der Waals surface area contributed by atoms with Gasteiger partial charge in [-0.25, -0.2) is 0 Å². The van der Waals surface area contributed by atoms with Gasteiger partial charge in [-0.2, -0.15) is 0 Å². The van der Waals surface area contributed by atoms with Crippen LogP contribution in [0.1, 0.15) is 53.5 Å². The van der Waals surface area contributed by atoms with E-state index in [0.29, 0.717) is 12.6 Å². The Morgan fingerprint density at radius 1 is 0.971 bits per heavy atom. The number of ether oxygens (including phenoxy) is 1. The SMILES string of the molecule is C/C=C/c1ccccc1OC.CC.CCC(C)N1CCN(C(=O)CN2CCN(C(C)=O)CC2)CC1. The van der Waals surface area contributed by atoms with Crippen LogP contribution in [0.25, 0.3) is 6.08 Å². The number of methoxy groups -OCH3 is 1. The van der Waals surface area contributed by atoms with Crippen LogP contribution in [0.15, 0.2) is 30.3 Å². The van der Waals surface area contributed by atoms with Crippen molar-refractivity contribution in [3.05, 3.63) is 35.9 Å². The van der Waals surface area contributed by atoms with E-state index in [9.17, 15) is 9.59 Å². The predicted molar refractivity (Wildman–Crippen MR) is 146 cm³/mol. The van der Waals surface area contributed by atoms with Crippen molar-refractivity contribution in [3.63, 3.8) is 0 Å². The number of hydrogen-bond acceptors (Lipinski definition) is 5. The summed E-state index contributed by atoms with van der Waals surface area (Å²) in [6.07, 6.45) is 5.19. The Morgan fingerprint density at radius 3 is 2.06 bits per heavy atom. The average molecular weight is 489 g/mol. The van der Waals surface area contributed by atoms with Gasteiger partial charge in [0.25, 0.3) is 0 Å². The first-order valence-corrected chi connectivity index (χ1v) is 13.1. The van der Waals surface area contributed by atoms with Crippen LogP contribution < -0.4 is 4.74 Å². The van der Waals surface area contributed by atoms with Gasteiger partial charge in [0.05, 0.1) is 13.7 Å². The minimum absolute atomic E-state index is 0.132. The summed E-state index contributed by atoms with van der Waals surface area (Å²) in [5.41, 5.74) is 1.12. The maximum atomic E-state index is 12.4. The Hall–Kier alpha value is -2.38. The summed E-state index contributed by atoms with van der Waals surface area (Å²) in [5.74, 6) is 1.29. The second kappa shape index (κ2) is 17.1. The van der Waals surface area contributed by atoms with Crippen LogP contribution in [0.5, 0.6) is 5.75 Å². The van der Waals surface area contributed by atoms with Gasteiger partial charge in [0.1, 0.15) is 5.75 Å². The van der Waals surface area contributed by atoms with Gasteiger partial charge in [-0.05, 0) is 26.3 Å². The molecule has 2 aliphatic heterocycles. The lowest BCUT2D eigenvalue weighted by atomic mass is 10.2. The quantitative estimate of drug-likeness (QED) is 0.609. The first-order chi connectivity index (χ1) is 16.9. The highest BCUT2D eigenvalue weighted by Gasteiger charge is 2.26. The zero-order valence-corrected chi connectivity index (χ0v) is 23.1. The lowest BCUT2D eigenvalue weighted by Gasteiger charge is -2.39. The van der Waals surface area contributed by atoms with Crippen molar-refractivity contribution >= 4 is 17.9 Å². The van der Waals surface area contributed by atoms with Crippen LogP contribution in [-0.4, -0.2) is 103 Å². The van der Waals surface area contributed by atoms with Crippen molar-refractivity contribution in [2.75, 3.05) is 66.0 Å². The molecule has 35 heavy (non-hydrogen) atoms. The molecule has 1 aromatic rings. The molecule has 3 rings (SSSR count). The number of carbonyl (C=O) groups excluding carboxylic acids is 2. The van der Waals surface area contributed by atoms with Crippen LogP contribution >= 0.6 is 0 Å². The Balaban J connectivity index is 0.000000395. The van der Waals surface area contributed by atoms with Crippen molar-refractivity contribution in [1.29, 1.82) is 0 Å². The Morgan fingerprint density at radius 2 is 1.54 bits per heavy atom. The fraction of sp³-hybridized carbons (Fsp3) is 0.643. The minimum atomic E-state index is 0.132. The van der Waals surface area contributed by atoms with Crippen molar-refractivity contribution in [2.24, 2.45) is 0 Å². The van der Waals surface area contributed by atoms with E-state index in [-0.39, 0.29) is 11.8 Å². The first-order valence-electron chi connectivity index (χ1n) is 13.1. The van der Waals surface area contributed by atoms with Gasteiger partial charge in [-0.3, -0.25) is 19.4 Å². The molecule has 7 heteroatoms. The lowest BCUT2D eigenvalue weighted by Crippen LogP contribution is -2.55. The molecule has 0 bridgehead atoms. The minimum Gasteiger partial charge on any atom is -0.496 e. The molecule has 198 valence electrons. The van der Waals surface area contributed by atoms with Crippen LogP contribution in [0, 0.1) is 0 Å². The van der Waals surface area contributed by atoms with Gasteiger partial charge in [0.2, 0.25) is 11.8 Å². The molecule has 1 aromatic carbocycles. The molecule has 1 unspecified atom stereocenters. The molecule has 2 heterocycles. The highest BCUT2D eigenvalue weighted by molar-refractivity contribution is 5.78. The average Bonchev–Trinajstić information content (AvgIpc) is 2.90. The van der Waals surface area contributed by atoms with Crippen molar-refractivity contribution in [3.8, 4) is 5.75 Å². The zero-order valence-electron chi connectivity index (χ0n) is 23.1. The van der Waals surface area contributed by atoms with Gasteiger partial charge in [-0.1, -0.05) is 51.1 Å². The second-order valence-corrected chi connectivity index (χ2v) is 8.70. The second-order valence-electron chi connectivity index (χ2n) is 8.70. The molecule has 2 fully saturated rings. The van der Waals surface area contributed by atoms with Gasteiger partial charge in [0.15, 0.2) is 0 Å². The molecule has 2 aliphatic rings. The van der Waals surface area contributed by atoms with E-state index in [1.807, 2.05) is 67.0 Å². The molecule has 0 saturated carbocycles. The number of hydrogen-bond donors (Lipinski definition) is 0. The van der Waals surface area contributed by atoms with Crippen molar-refractivity contribution in [1.82, 2.24) is 19.6 Å². The van der Waals surface area contributed by atoms with E-state index in [4.69, 9.17) is 4.74 Å². The van der Waals surface area contributed by atoms with E-state index in [2.05, 4.69) is 23.6 Å². The van der Waals surface area contributed by atoms with Crippen LogP contribution in [0.3, 0.4) is 0 Å². The van der Waals surface area contributed by atoms with E-state index in [0.717, 1.165) is 70.1 Å². The smallest absolute Gasteiger partial charge is 0.236 e. The Bertz CT molecular complexity index is 767. The fourth-order valence-electron chi connectivity index (χ4n) is 4.17. The summed E-state index contributed by atoms with van der Waals surface area (Å²) in [5, 5.41) is 0. The zero-order chi connectivity index (χ0) is 26.2. The van der Waals surface area contributed by atoms with Crippen LogP contribution in [0.2, 0.25) is 0 Å². The first kappa shape index (κ1) is 30.7. The summed E-state index contributed by atoms with van der Waals surface area (Å²) in [6.45, 7) is 19.3.